The molecule has 8 heteroatoms. The highest BCUT2D eigenvalue weighted by molar-refractivity contribution is 7.89. The van der Waals surface area contributed by atoms with Crippen LogP contribution in [0.5, 0.6) is 5.75 Å². The predicted molar refractivity (Wildman–Crippen MR) is 128 cm³/mol. The van der Waals surface area contributed by atoms with Gasteiger partial charge in [0, 0.05) is 32.6 Å². The molecule has 4 rings (SSSR count). The minimum atomic E-state index is -3.74. The first-order chi connectivity index (χ1) is 16.4. The van der Waals surface area contributed by atoms with Crippen LogP contribution >= 0.6 is 0 Å². The Morgan fingerprint density at radius 2 is 1.56 bits per heavy atom. The fraction of sp³-hybridized carbons (Fsp3) is 0.269. The van der Waals surface area contributed by atoms with Crippen LogP contribution in [-0.2, 0) is 21.2 Å². The highest BCUT2D eigenvalue weighted by atomic mass is 32.2. The first kappa shape index (κ1) is 23.9. The summed E-state index contributed by atoms with van der Waals surface area (Å²) in [5.74, 6) is -0.0116. The molecule has 0 N–H and O–H groups in total. The lowest BCUT2D eigenvalue weighted by Gasteiger charge is -2.22. The van der Waals surface area contributed by atoms with E-state index in [0.717, 1.165) is 23.3 Å². The lowest BCUT2D eigenvalue weighted by atomic mass is 10.0. The van der Waals surface area contributed by atoms with Gasteiger partial charge in [-0.25, -0.2) is 12.8 Å². The van der Waals surface area contributed by atoms with Gasteiger partial charge in [0.05, 0.1) is 4.90 Å². The van der Waals surface area contributed by atoms with E-state index in [-0.39, 0.29) is 30.5 Å². The third-order valence-electron chi connectivity index (χ3n) is 5.82. The van der Waals surface area contributed by atoms with E-state index in [0.29, 0.717) is 31.7 Å². The van der Waals surface area contributed by atoms with Gasteiger partial charge in [-0.1, -0.05) is 48.5 Å². The number of benzene rings is 3. The van der Waals surface area contributed by atoms with Crippen molar-refractivity contribution in [2.24, 2.45) is 0 Å². The minimum Gasteiger partial charge on any atom is -0.483 e. The fourth-order valence-electron chi connectivity index (χ4n) is 3.98. The molecule has 1 heterocycles. The summed E-state index contributed by atoms with van der Waals surface area (Å²) < 4.78 is 46.2. The van der Waals surface area contributed by atoms with Crippen LogP contribution in [0.2, 0.25) is 0 Å². The molecular weight excluding hydrogens is 455 g/mol. The second kappa shape index (κ2) is 10.8. The number of nitrogens with zero attached hydrogens (tertiary/aromatic N) is 2. The molecule has 0 spiro atoms. The fourth-order valence-corrected chi connectivity index (χ4v) is 5.45. The smallest absolute Gasteiger partial charge is 0.260 e. The number of ether oxygens (including phenoxy) is 1. The number of hydrogen-bond donors (Lipinski definition) is 0. The third-order valence-corrected chi connectivity index (χ3v) is 7.73. The molecule has 0 atom stereocenters. The van der Waals surface area contributed by atoms with Crippen LogP contribution < -0.4 is 4.74 Å². The van der Waals surface area contributed by atoms with E-state index in [1.54, 1.807) is 4.90 Å². The summed E-state index contributed by atoms with van der Waals surface area (Å²) in [5, 5.41) is 0. The zero-order valence-corrected chi connectivity index (χ0v) is 19.6. The average Bonchev–Trinajstić information content (AvgIpc) is 3.11. The van der Waals surface area contributed by atoms with E-state index in [2.05, 4.69) is 0 Å². The van der Waals surface area contributed by atoms with Crippen molar-refractivity contribution in [2.45, 2.75) is 17.7 Å². The quantitative estimate of drug-likeness (QED) is 0.515. The van der Waals surface area contributed by atoms with Crippen molar-refractivity contribution in [3.63, 3.8) is 0 Å². The van der Waals surface area contributed by atoms with Crippen LogP contribution in [0.3, 0.4) is 0 Å². The first-order valence-corrected chi connectivity index (χ1v) is 12.7. The Morgan fingerprint density at radius 3 is 2.32 bits per heavy atom. The molecule has 34 heavy (non-hydrogen) atoms. The van der Waals surface area contributed by atoms with E-state index >= 15 is 0 Å². The lowest BCUT2D eigenvalue weighted by Crippen LogP contribution is -2.39. The molecule has 1 amide bonds. The zero-order valence-electron chi connectivity index (χ0n) is 18.8. The number of halogens is 1. The Kier molecular flexibility index (Phi) is 7.59. The number of carbonyl (C=O) groups is 1. The van der Waals surface area contributed by atoms with Crippen molar-refractivity contribution in [3.05, 3.63) is 95.8 Å². The number of sulfonamides is 1. The van der Waals surface area contributed by atoms with Crippen LogP contribution in [0.25, 0.3) is 0 Å². The number of hydrogen-bond acceptors (Lipinski definition) is 4. The maximum atomic E-state index is 13.2. The summed E-state index contributed by atoms with van der Waals surface area (Å²) in [6.45, 7) is 1.08. The van der Waals surface area contributed by atoms with Crippen molar-refractivity contribution in [1.82, 2.24) is 9.21 Å². The molecule has 1 aliphatic heterocycles. The van der Waals surface area contributed by atoms with Crippen LogP contribution in [0.1, 0.15) is 17.5 Å². The molecule has 0 saturated carbocycles. The highest BCUT2D eigenvalue weighted by Gasteiger charge is 2.28. The molecule has 0 radical (unpaired) electrons. The summed E-state index contributed by atoms with van der Waals surface area (Å²) >= 11 is 0. The number of amides is 1. The topological polar surface area (TPSA) is 66.9 Å². The van der Waals surface area contributed by atoms with Gasteiger partial charge in [-0.3, -0.25) is 4.79 Å². The van der Waals surface area contributed by atoms with Gasteiger partial charge in [0.2, 0.25) is 10.0 Å². The third kappa shape index (κ3) is 5.81. The van der Waals surface area contributed by atoms with Crippen LogP contribution in [0.4, 0.5) is 4.39 Å². The van der Waals surface area contributed by atoms with E-state index in [1.807, 2.05) is 54.6 Å². The van der Waals surface area contributed by atoms with Crippen molar-refractivity contribution in [1.29, 1.82) is 0 Å². The molecule has 1 saturated heterocycles. The molecule has 0 aliphatic carbocycles. The zero-order chi connectivity index (χ0) is 24.0. The van der Waals surface area contributed by atoms with E-state index in [9.17, 15) is 17.6 Å². The van der Waals surface area contributed by atoms with Crippen LogP contribution in [0, 0.1) is 5.82 Å². The highest BCUT2D eigenvalue weighted by Crippen LogP contribution is 2.22. The number of carbonyl (C=O) groups excluding carboxylic acids is 1. The van der Waals surface area contributed by atoms with Gasteiger partial charge in [-0.05, 0) is 47.9 Å². The maximum absolute atomic E-state index is 13.2. The standard InChI is InChI=1S/C26H27FN2O4S/c27-23-11-13-24(14-12-23)34(31,32)29-16-6-15-28(17-18-29)26(30)20-33-25-10-5-4-9-22(25)19-21-7-2-1-3-8-21/h1-5,7-14H,6,15-20H2. The average molecular weight is 483 g/mol. The monoisotopic (exact) mass is 482 g/mol. The lowest BCUT2D eigenvalue weighted by molar-refractivity contribution is -0.133. The summed E-state index contributed by atoms with van der Waals surface area (Å²) in [6.07, 6.45) is 1.21. The van der Waals surface area contributed by atoms with E-state index < -0.39 is 15.8 Å². The van der Waals surface area contributed by atoms with Crippen molar-refractivity contribution in [2.75, 3.05) is 32.8 Å². The van der Waals surface area contributed by atoms with Gasteiger partial charge in [-0.2, -0.15) is 4.31 Å². The predicted octanol–water partition coefficient (Wildman–Crippen LogP) is 3.72. The summed E-state index contributed by atoms with van der Waals surface area (Å²) in [4.78, 5) is 14.5. The van der Waals surface area contributed by atoms with E-state index in [4.69, 9.17) is 4.74 Å². The SMILES string of the molecule is O=C(COc1ccccc1Cc1ccccc1)N1CCCN(S(=O)(=O)c2ccc(F)cc2)CC1. The second-order valence-corrected chi connectivity index (χ2v) is 10.1. The molecule has 6 nitrogen and oxygen atoms in total. The molecule has 1 aliphatic rings. The second-order valence-electron chi connectivity index (χ2n) is 8.15. The van der Waals surface area contributed by atoms with Gasteiger partial charge in [0.25, 0.3) is 5.91 Å². The van der Waals surface area contributed by atoms with Gasteiger partial charge >= 0.3 is 0 Å². The number of rotatable bonds is 7. The molecule has 3 aromatic carbocycles. The molecule has 0 aromatic heterocycles. The Balaban J connectivity index is 1.36. The Labute approximate surface area is 199 Å². The van der Waals surface area contributed by atoms with Crippen LogP contribution in [-0.4, -0.2) is 56.3 Å². The van der Waals surface area contributed by atoms with E-state index in [1.165, 1.54) is 16.4 Å². The molecule has 3 aromatic rings. The van der Waals surface area contributed by atoms with Gasteiger partial charge < -0.3 is 9.64 Å². The Hall–Kier alpha value is -3.23. The van der Waals surface area contributed by atoms with Gasteiger partial charge in [-0.15, -0.1) is 0 Å². The van der Waals surface area contributed by atoms with Crippen LogP contribution in [0.15, 0.2) is 83.8 Å². The maximum Gasteiger partial charge on any atom is 0.260 e. The van der Waals surface area contributed by atoms with Gasteiger partial charge in [0.1, 0.15) is 11.6 Å². The van der Waals surface area contributed by atoms with Crippen molar-refractivity contribution >= 4 is 15.9 Å². The summed E-state index contributed by atoms with van der Waals surface area (Å²) in [6, 6.07) is 22.5. The molecule has 178 valence electrons. The Morgan fingerprint density at radius 1 is 0.853 bits per heavy atom. The molecular formula is C26H27FN2O4S. The summed E-state index contributed by atoms with van der Waals surface area (Å²) in [7, 11) is -3.74. The normalized spacial score (nSPS) is 15.0. The molecule has 1 fully saturated rings. The van der Waals surface area contributed by atoms with Gasteiger partial charge in [0.15, 0.2) is 6.61 Å². The largest absolute Gasteiger partial charge is 0.483 e. The number of para-hydroxylation sites is 1. The minimum absolute atomic E-state index is 0.0482. The summed E-state index contributed by atoms with van der Waals surface area (Å²) in [5.41, 5.74) is 2.15. The first-order valence-electron chi connectivity index (χ1n) is 11.2. The van der Waals surface area contributed by atoms with Crippen molar-refractivity contribution < 1.29 is 22.3 Å². The molecule has 0 unspecified atom stereocenters. The van der Waals surface area contributed by atoms with Crippen molar-refractivity contribution in [3.8, 4) is 5.75 Å². The Bertz CT molecular complexity index is 1220. The molecule has 0 bridgehead atoms.